The number of likely N-dealkylation sites (tertiary alicyclic amines) is 1. The van der Waals surface area contributed by atoms with Crippen LogP contribution in [0.25, 0.3) is 11.1 Å². The summed E-state index contributed by atoms with van der Waals surface area (Å²) >= 11 is 0.795. The third-order valence-corrected chi connectivity index (χ3v) is 11.0. The maximum atomic E-state index is 16.1. The average molecular weight is 742 g/mol. The fourth-order valence-electron chi connectivity index (χ4n) is 6.02. The molecule has 0 radical (unpaired) electrons. The van der Waals surface area contributed by atoms with Gasteiger partial charge in [-0.3, -0.25) is 4.57 Å². The number of aliphatic hydroxyl groups is 1. The lowest BCUT2D eigenvalue weighted by atomic mass is 9.82. The Bertz CT molecular complexity index is 2260. The highest BCUT2D eigenvalue weighted by Gasteiger charge is 2.48. The maximum absolute atomic E-state index is 16.1. The highest BCUT2D eigenvalue weighted by molar-refractivity contribution is 7.93. The molecule has 14 nitrogen and oxygen atoms in total. The lowest BCUT2D eigenvalue weighted by Gasteiger charge is -2.47. The van der Waals surface area contributed by atoms with E-state index >= 15 is 4.39 Å². The van der Waals surface area contributed by atoms with Crippen LogP contribution in [0.3, 0.4) is 0 Å². The van der Waals surface area contributed by atoms with Crippen molar-refractivity contribution in [3.8, 4) is 11.5 Å². The van der Waals surface area contributed by atoms with E-state index in [1.807, 2.05) is 0 Å². The number of sulfonamides is 1. The summed E-state index contributed by atoms with van der Waals surface area (Å²) in [5, 5.41) is 11.5. The van der Waals surface area contributed by atoms with E-state index in [1.54, 1.807) is 70.2 Å². The van der Waals surface area contributed by atoms with Gasteiger partial charge < -0.3 is 28.6 Å². The Morgan fingerprint density at radius 2 is 1.86 bits per heavy atom. The fourth-order valence-corrected chi connectivity index (χ4v) is 8.22. The monoisotopic (exact) mass is 741 g/mol. The van der Waals surface area contributed by atoms with Gasteiger partial charge in [-0.05, 0) is 51.0 Å². The number of β-amino-alcohol motifs (C(OH)–C–C–N with tert-alkyl or cyclic N) is 1. The second kappa shape index (κ2) is 13.3. The first-order chi connectivity index (χ1) is 24.1. The van der Waals surface area contributed by atoms with Gasteiger partial charge in [-0.2, -0.15) is 4.37 Å². The van der Waals surface area contributed by atoms with Crippen LogP contribution in [0.1, 0.15) is 50.4 Å². The molecule has 1 N–H and O–H groups in total. The highest BCUT2D eigenvalue weighted by atomic mass is 32.2. The highest BCUT2D eigenvalue weighted by Crippen LogP contribution is 2.39. The van der Waals surface area contributed by atoms with E-state index in [0.29, 0.717) is 28.2 Å². The van der Waals surface area contributed by atoms with Crippen molar-refractivity contribution in [3.63, 3.8) is 0 Å². The van der Waals surface area contributed by atoms with Gasteiger partial charge in [0.25, 0.3) is 10.0 Å². The topological polar surface area (TPSA) is 167 Å². The zero-order valence-corrected chi connectivity index (χ0v) is 30.2. The molecule has 0 saturated carbocycles. The molecule has 6 rings (SSSR count). The summed E-state index contributed by atoms with van der Waals surface area (Å²) in [5.74, 6) is -1.20. The van der Waals surface area contributed by atoms with Crippen molar-refractivity contribution < 1.29 is 41.3 Å². The maximum Gasteiger partial charge on any atom is 0.420 e. The van der Waals surface area contributed by atoms with Gasteiger partial charge in [0.1, 0.15) is 39.7 Å². The third kappa shape index (κ3) is 6.75. The van der Waals surface area contributed by atoms with Crippen LogP contribution in [0.15, 0.2) is 75.0 Å². The van der Waals surface area contributed by atoms with Crippen molar-refractivity contribution in [3.05, 3.63) is 94.0 Å². The number of hydrogen-bond acceptors (Lipinski definition) is 12. The fraction of sp³-hybridized carbons (Fsp3) is 0.353. The van der Waals surface area contributed by atoms with Crippen molar-refractivity contribution in [1.29, 1.82) is 0 Å². The van der Waals surface area contributed by atoms with Crippen LogP contribution in [0.4, 0.5) is 14.3 Å². The summed E-state index contributed by atoms with van der Waals surface area (Å²) in [5.41, 5.74) is -0.933. The van der Waals surface area contributed by atoms with Crippen LogP contribution in [-0.4, -0.2) is 71.4 Å². The number of hydrogen-bond donors (Lipinski definition) is 1. The molecule has 0 bridgehead atoms. The lowest BCUT2D eigenvalue weighted by Crippen LogP contribution is -2.62. The Labute approximate surface area is 296 Å². The van der Waals surface area contributed by atoms with E-state index in [1.165, 1.54) is 30.0 Å². The molecule has 3 aromatic carbocycles. The molecule has 1 atom stereocenters. The van der Waals surface area contributed by atoms with E-state index in [9.17, 15) is 23.1 Å². The number of benzene rings is 3. The molecule has 270 valence electrons. The van der Waals surface area contributed by atoms with Crippen molar-refractivity contribution in [2.45, 2.75) is 56.4 Å². The zero-order chi connectivity index (χ0) is 36.9. The molecule has 1 amide bonds. The van der Waals surface area contributed by atoms with Crippen molar-refractivity contribution >= 4 is 43.9 Å². The summed E-state index contributed by atoms with van der Waals surface area (Å²) < 4.78 is 72.1. The molecular weight excluding hydrogens is 706 g/mol. The Kier molecular flexibility index (Phi) is 9.32. The number of methoxy groups -OCH3 is 2. The number of ether oxygens (including phenoxy) is 3. The van der Waals surface area contributed by atoms with Gasteiger partial charge in [0.15, 0.2) is 5.58 Å². The number of amides is 1. The SMILES string of the molecule is COc1ccc(CN(c2ncns2)S(=O)(=O)c2cc3oc(=O)n([C@H](C)c4ccccc4C4(O)CN(C(=O)OC(C)(C)C)C4)c3cc2F)c(OC)c1. The summed E-state index contributed by atoms with van der Waals surface area (Å²) in [6, 6.07) is 12.8. The van der Waals surface area contributed by atoms with Crippen LogP contribution >= 0.6 is 11.5 Å². The predicted molar refractivity (Wildman–Crippen MR) is 185 cm³/mol. The normalized spacial score (nSPS) is 14.9. The van der Waals surface area contributed by atoms with Gasteiger partial charge in [-0.1, -0.05) is 24.3 Å². The minimum atomic E-state index is -4.67. The first-order valence-corrected chi connectivity index (χ1v) is 17.9. The lowest BCUT2D eigenvalue weighted by molar-refractivity contribution is -0.104. The minimum absolute atomic E-state index is 0.00553. The number of rotatable bonds is 10. The number of fused-ring (bicyclic) bond motifs is 1. The number of nitrogens with zero attached hydrogens (tertiary/aromatic N) is 5. The standard InChI is InChI=1S/C34H36FN5O9S2/c1-20(23-9-7-8-10-24(23)34(43)17-38(18-34)31(41)49-33(2,3)4)40-26-14-25(35)29(15-28(26)48-32(40)42)51(44,45)39(30-36-19-37-50-30)16-21-11-12-22(46-5)13-27(21)47-6/h7-15,19-20,43H,16-18H2,1-6H3/t20-/m1/s1. The summed E-state index contributed by atoms with van der Waals surface area (Å²) in [7, 11) is -1.77. The first-order valence-electron chi connectivity index (χ1n) is 15.7. The molecule has 1 saturated heterocycles. The van der Waals surface area contributed by atoms with E-state index in [4.69, 9.17) is 18.6 Å². The summed E-state index contributed by atoms with van der Waals surface area (Å²) in [4.78, 5) is 30.6. The molecule has 1 aliphatic heterocycles. The van der Waals surface area contributed by atoms with Crippen LogP contribution < -0.4 is 19.5 Å². The van der Waals surface area contributed by atoms with Crippen LogP contribution in [-0.2, 0) is 26.9 Å². The molecule has 1 aliphatic rings. The number of carbonyl (C=O) groups is 1. The molecule has 1 fully saturated rings. The van der Waals surface area contributed by atoms with E-state index in [2.05, 4.69) is 9.36 Å². The summed E-state index contributed by atoms with van der Waals surface area (Å²) in [6.07, 6.45) is 0.616. The summed E-state index contributed by atoms with van der Waals surface area (Å²) in [6.45, 7) is 6.52. The molecule has 51 heavy (non-hydrogen) atoms. The van der Waals surface area contributed by atoms with Gasteiger partial charge >= 0.3 is 11.8 Å². The largest absolute Gasteiger partial charge is 0.497 e. The second-order valence-corrected chi connectivity index (χ2v) is 15.6. The second-order valence-electron chi connectivity index (χ2n) is 13.0. The van der Waals surface area contributed by atoms with Gasteiger partial charge in [-0.25, -0.2) is 31.7 Å². The number of halogens is 1. The Balaban J connectivity index is 1.35. The minimum Gasteiger partial charge on any atom is -0.497 e. The molecule has 17 heteroatoms. The number of oxazole rings is 1. The molecular formula is C34H36FN5O9S2. The molecule has 3 heterocycles. The van der Waals surface area contributed by atoms with Gasteiger partial charge in [-0.15, -0.1) is 0 Å². The van der Waals surface area contributed by atoms with Crippen molar-refractivity contribution in [2.75, 3.05) is 31.6 Å². The quantitative estimate of drug-likeness (QED) is 0.204. The molecule has 0 aliphatic carbocycles. The Morgan fingerprint density at radius 1 is 1.14 bits per heavy atom. The van der Waals surface area contributed by atoms with Gasteiger partial charge in [0.2, 0.25) is 5.13 Å². The van der Waals surface area contributed by atoms with Gasteiger partial charge in [0.05, 0.1) is 45.4 Å². The van der Waals surface area contributed by atoms with E-state index in [0.717, 1.165) is 28.0 Å². The van der Waals surface area contributed by atoms with Crippen molar-refractivity contribution in [2.24, 2.45) is 0 Å². The molecule has 0 unspecified atom stereocenters. The Hall–Kier alpha value is -5.00. The predicted octanol–water partition coefficient (Wildman–Crippen LogP) is 5.05. The first kappa shape index (κ1) is 35.8. The molecule has 5 aromatic rings. The zero-order valence-electron chi connectivity index (χ0n) is 28.6. The van der Waals surface area contributed by atoms with E-state index in [-0.39, 0.29) is 35.9 Å². The van der Waals surface area contributed by atoms with Crippen LogP contribution in [0.5, 0.6) is 11.5 Å². The third-order valence-electron chi connectivity index (χ3n) is 8.46. The van der Waals surface area contributed by atoms with Crippen LogP contribution in [0.2, 0.25) is 0 Å². The average Bonchev–Trinajstić information content (AvgIpc) is 3.71. The van der Waals surface area contributed by atoms with Crippen molar-refractivity contribution in [1.82, 2.24) is 18.8 Å². The molecule has 2 aromatic heterocycles. The van der Waals surface area contributed by atoms with Crippen LogP contribution in [0, 0.1) is 5.82 Å². The van der Waals surface area contributed by atoms with E-state index < -0.39 is 49.8 Å². The number of carbonyl (C=O) groups excluding carboxylic acids is 1. The number of anilines is 1. The van der Waals surface area contributed by atoms with Gasteiger partial charge in [0, 0.05) is 35.3 Å². The smallest absolute Gasteiger partial charge is 0.420 e. The Morgan fingerprint density at radius 3 is 2.51 bits per heavy atom. The number of aromatic nitrogens is 3. The molecule has 0 spiro atoms.